The number of thiophene rings is 1. The van der Waals surface area contributed by atoms with E-state index >= 15 is 0 Å². The number of carboxylic acid groups (broad SMARTS) is 1. The van der Waals surface area contributed by atoms with Gasteiger partial charge in [0, 0.05) is 11.5 Å². The van der Waals surface area contributed by atoms with Gasteiger partial charge in [0.2, 0.25) is 6.41 Å². The van der Waals surface area contributed by atoms with E-state index in [9.17, 15) is 19.8 Å². The zero-order valence-electron chi connectivity index (χ0n) is 14.2. The molecule has 0 atom stereocenters. The summed E-state index contributed by atoms with van der Waals surface area (Å²) >= 11 is 1.09. The predicted octanol–water partition coefficient (Wildman–Crippen LogP) is 3.11. The number of nitrogens with zero attached hydrogens (tertiary/aromatic N) is 1. The van der Waals surface area contributed by atoms with Gasteiger partial charge in [0.25, 0.3) is 0 Å². The molecule has 1 fully saturated rings. The van der Waals surface area contributed by atoms with Crippen molar-refractivity contribution < 1.29 is 19.8 Å². The van der Waals surface area contributed by atoms with Gasteiger partial charge >= 0.3 is 5.97 Å². The maximum atomic E-state index is 11.6. The summed E-state index contributed by atoms with van der Waals surface area (Å²) in [6.07, 6.45) is 2.94. The molecule has 0 aromatic carbocycles. The van der Waals surface area contributed by atoms with Crippen LogP contribution in [0.3, 0.4) is 0 Å². The van der Waals surface area contributed by atoms with E-state index in [2.05, 4.69) is 11.8 Å². The molecule has 6 heteroatoms. The highest BCUT2D eigenvalue weighted by molar-refractivity contribution is 7.15. The highest BCUT2D eigenvalue weighted by atomic mass is 32.1. The number of amides is 1. The highest BCUT2D eigenvalue weighted by Crippen LogP contribution is 2.34. The largest absolute Gasteiger partial charge is 0.477 e. The lowest BCUT2D eigenvalue weighted by Gasteiger charge is -2.32. The maximum Gasteiger partial charge on any atom is 0.348 e. The number of anilines is 1. The van der Waals surface area contributed by atoms with E-state index in [-0.39, 0.29) is 22.4 Å². The summed E-state index contributed by atoms with van der Waals surface area (Å²) in [7, 11) is 0. The molecule has 1 aromatic rings. The summed E-state index contributed by atoms with van der Waals surface area (Å²) < 4.78 is 0. The van der Waals surface area contributed by atoms with Gasteiger partial charge in [-0.1, -0.05) is 11.8 Å². The Morgan fingerprint density at radius 2 is 1.96 bits per heavy atom. The molecule has 0 spiro atoms. The lowest BCUT2D eigenvalue weighted by Crippen LogP contribution is -2.38. The molecule has 1 aliphatic carbocycles. The van der Waals surface area contributed by atoms with Crippen molar-refractivity contribution in [1.82, 2.24) is 0 Å². The van der Waals surface area contributed by atoms with Gasteiger partial charge in [0.05, 0.1) is 16.7 Å². The van der Waals surface area contributed by atoms with Gasteiger partial charge in [0.1, 0.15) is 4.88 Å². The summed E-state index contributed by atoms with van der Waals surface area (Å²) in [4.78, 5) is 25.5. The Kier molecular flexibility index (Phi) is 5.68. The summed E-state index contributed by atoms with van der Waals surface area (Å²) in [6, 6.07) is 1.61. The zero-order valence-corrected chi connectivity index (χ0v) is 15.0. The van der Waals surface area contributed by atoms with E-state index in [1.807, 2.05) is 20.8 Å². The van der Waals surface area contributed by atoms with Crippen LogP contribution in [0.5, 0.6) is 0 Å². The Hall–Kier alpha value is -1.84. The van der Waals surface area contributed by atoms with E-state index < -0.39 is 5.97 Å². The van der Waals surface area contributed by atoms with Crippen LogP contribution in [-0.4, -0.2) is 34.7 Å². The SMILES string of the molecule is CC(C)(C)C#Cc1cc(N(C=O)C2CCC(O)CC2)c(C(=O)O)s1. The van der Waals surface area contributed by atoms with Crippen LogP contribution < -0.4 is 4.90 Å². The molecule has 1 saturated carbocycles. The fourth-order valence-corrected chi connectivity index (χ4v) is 3.56. The maximum absolute atomic E-state index is 11.6. The van der Waals surface area contributed by atoms with Crippen molar-refractivity contribution >= 4 is 29.4 Å². The normalized spacial score (nSPS) is 20.8. The van der Waals surface area contributed by atoms with Crippen LogP contribution in [-0.2, 0) is 4.79 Å². The summed E-state index contributed by atoms with van der Waals surface area (Å²) in [6.45, 7) is 5.95. The van der Waals surface area contributed by atoms with Crippen molar-refractivity contribution in [2.24, 2.45) is 5.41 Å². The summed E-state index contributed by atoms with van der Waals surface area (Å²) in [5.41, 5.74) is 0.222. The van der Waals surface area contributed by atoms with Gasteiger partial charge in [-0.2, -0.15) is 0 Å². The number of carbonyl (C=O) groups excluding carboxylic acids is 1. The zero-order chi connectivity index (χ0) is 17.9. The predicted molar refractivity (Wildman–Crippen MR) is 94.4 cm³/mol. The van der Waals surface area contributed by atoms with Gasteiger partial charge in [-0.05, 0) is 52.5 Å². The van der Waals surface area contributed by atoms with Crippen molar-refractivity contribution in [3.63, 3.8) is 0 Å². The fourth-order valence-electron chi connectivity index (χ4n) is 2.71. The molecule has 2 N–H and O–H groups in total. The minimum absolute atomic E-state index is 0.0815. The lowest BCUT2D eigenvalue weighted by molar-refractivity contribution is -0.108. The van der Waals surface area contributed by atoms with Crippen molar-refractivity contribution in [2.75, 3.05) is 4.90 Å². The second-order valence-electron chi connectivity index (χ2n) is 7.11. The Balaban J connectivity index is 2.35. The molecule has 0 unspecified atom stereocenters. The Bertz CT molecular complexity index is 669. The second-order valence-corrected chi connectivity index (χ2v) is 8.16. The lowest BCUT2D eigenvalue weighted by atomic mass is 9.92. The average Bonchev–Trinajstić information content (AvgIpc) is 2.92. The molecule has 5 nitrogen and oxygen atoms in total. The van der Waals surface area contributed by atoms with E-state index in [1.165, 1.54) is 4.90 Å². The molecule has 130 valence electrons. The van der Waals surface area contributed by atoms with Crippen molar-refractivity contribution in [3.05, 3.63) is 15.8 Å². The van der Waals surface area contributed by atoms with Gasteiger partial charge in [0.15, 0.2) is 0 Å². The van der Waals surface area contributed by atoms with Gasteiger partial charge in [-0.3, -0.25) is 4.79 Å². The fraction of sp³-hybridized carbons (Fsp3) is 0.556. The van der Waals surface area contributed by atoms with Gasteiger partial charge in [-0.15, -0.1) is 11.3 Å². The molecular weight excluding hydrogens is 326 g/mol. The number of aliphatic hydroxyl groups is 1. The molecule has 0 aliphatic heterocycles. The monoisotopic (exact) mass is 349 g/mol. The minimum atomic E-state index is -1.05. The quantitative estimate of drug-likeness (QED) is 0.647. The van der Waals surface area contributed by atoms with Crippen LogP contribution in [0, 0.1) is 17.3 Å². The standard InChI is InChI=1S/C18H23NO4S/c1-18(2,3)9-8-14-10-15(16(24-14)17(22)23)19(11-20)12-4-6-13(21)7-5-12/h10-13,21H,4-7H2,1-3H3,(H,22,23). The number of hydrogen-bond donors (Lipinski definition) is 2. The van der Waals surface area contributed by atoms with Crippen LogP contribution in [0.2, 0.25) is 0 Å². The Morgan fingerprint density at radius 1 is 1.33 bits per heavy atom. The topological polar surface area (TPSA) is 77.8 Å². The van der Waals surface area contributed by atoms with Crippen LogP contribution in [0.15, 0.2) is 6.07 Å². The molecule has 0 radical (unpaired) electrons. The van der Waals surface area contributed by atoms with E-state index in [4.69, 9.17) is 0 Å². The number of rotatable bonds is 4. The van der Waals surface area contributed by atoms with E-state index in [1.54, 1.807) is 6.07 Å². The molecule has 0 bridgehead atoms. The third kappa shape index (κ3) is 4.59. The third-order valence-corrected chi connectivity index (χ3v) is 4.95. The smallest absolute Gasteiger partial charge is 0.348 e. The van der Waals surface area contributed by atoms with Crippen LogP contribution in [0.1, 0.15) is 61.0 Å². The number of carbonyl (C=O) groups is 2. The van der Waals surface area contributed by atoms with Crippen molar-refractivity contribution in [1.29, 1.82) is 0 Å². The number of aromatic carboxylic acids is 1. The first-order valence-corrected chi connectivity index (χ1v) is 8.85. The molecule has 2 rings (SSSR count). The van der Waals surface area contributed by atoms with Crippen molar-refractivity contribution in [3.8, 4) is 11.8 Å². The highest BCUT2D eigenvalue weighted by Gasteiger charge is 2.29. The third-order valence-electron chi connectivity index (χ3n) is 3.92. The molecule has 24 heavy (non-hydrogen) atoms. The molecule has 1 heterocycles. The summed E-state index contributed by atoms with van der Waals surface area (Å²) in [5, 5.41) is 19.1. The Morgan fingerprint density at radius 3 is 2.46 bits per heavy atom. The number of aliphatic hydroxyl groups excluding tert-OH is 1. The van der Waals surface area contributed by atoms with Gasteiger partial charge < -0.3 is 15.1 Å². The number of hydrogen-bond acceptors (Lipinski definition) is 4. The van der Waals surface area contributed by atoms with E-state index in [0.717, 1.165) is 11.3 Å². The minimum Gasteiger partial charge on any atom is -0.477 e. The average molecular weight is 349 g/mol. The molecular formula is C18H23NO4S. The molecule has 1 amide bonds. The molecule has 0 saturated heterocycles. The number of carboxylic acids is 1. The molecule has 1 aliphatic rings. The Labute approximate surface area is 146 Å². The van der Waals surface area contributed by atoms with Crippen LogP contribution in [0.4, 0.5) is 5.69 Å². The summed E-state index contributed by atoms with van der Waals surface area (Å²) in [5.74, 6) is 5.05. The van der Waals surface area contributed by atoms with Crippen LogP contribution in [0.25, 0.3) is 0 Å². The first kappa shape index (κ1) is 18.5. The second kappa shape index (κ2) is 7.37. The van der Waals surface area contributed by atoms with E-state index in [0.29, 0.717) is 42.7 Å². The first-order chi connectivity index (χ1) is 11.2. The van der Waals surface area contributed by atoms with Gasteiger partial charge in [-0.25, -0.2) is 4.79 Å². The van der Waals surface area contributed by atoms with Crippen molar-refractivity contribution in [2.45, 2.75) is 58.6 Å². The van der Waals surface area contributed by atoms with Crippen LogP contribution >= 0.6 is 11.3 Å². The molecule has 1 aromatic heterocycles. The first-order valence-electron chi connectivity index (χ1n) is 8.03.